The molecule has 2 atom stereocenters. The second kappa shape index (κ2) is 6.19. The van der Waals surface area contributed by atoms with Crippen molar-refractivity contribution in [3.63, 3.8) is 0 Å². The Labute approximate surface area is 131 Å². The molecule has 0 saturated heterocycles. The van der Waals surface area contributed by atoms with Crippen LogP contribution >= 0.6 is 0 Å². The van der Waals surface area contributed by atoms with Gasteiger partial charge in [0.25, 0.3) is 9.84 Å². The molecule has 2 rings (SSSR count). The molecule has 0 radical (unpaired) electrons. The van der Waals surface area contributed by atoms with Gasteiger partial charge in [-0.15, -0.1) is 0 Å². The Morgan fingerprint density at radius 1 is 1.17 bits per heavy atom. The maximum atomic E-state index is 12.5. The van der Waals surface area contributed by atoms with Crippen molar-refractivity contribution in [3.05, 3.63) is 36.9 Å². The minimum Gasteiger partial charge on any atom is -0.380 e. The monoisotopic (exact) mass is 348 g/mol. The van der Waals surface area contributed by atoms with Gasteiger partial charge in [0.2, 0.25) is 0 Å². The summed E-state index contributed by atoms with van der Waals surface area (Å²) in [6, 6.07) is 4.28. The fourth-order valence-corrected chi connectivity index (χ4v) is 2.67. The summed E-state index contributed by atoms with van der Waals surface area (Å²) in [5, 5.41) is 7.10. The molecule has 2 aromatic rings. The number of hydrogen-bond donors (Lipinski definition) is 1. The first kappa shape index (κ1) is 17.3. The zero-order chi connectivity index (χ0) is 17.3. The van der Waals surface area contributed by atoms with Crippen LogP contribution in [0.1, 0.15) is 19.9 Å². The normalized spacial score (nSPS) is 15.2. The third-order valence-electron chi connectivity index (χ3n) is 3.44. The van der Waals surface area contributed by atoms with Crippen molar-refractivity contribution in [1.29, 1.82) is 0 Å². The lowest BCUT2D eigenvalue weighted by Gasteiger charge is -2.22. The number of sulfone groups is 1. The topological polar surface area (TPSA) is 76.9 Å². The molecule has 6 nitrogen and oxygen atoms in total. The maximum Gasteiger partial charge on any atom is 0.501 e. The number of halogens is 3. The predicted octanol–water partition coefficient (Wildman–Crippen LogP) is 2.63. The molecule has 0 spiro atoms. The highest BCUT2D eigenvalue weighted by Gasteiger charge is 2.46. The molecule has 0 fully saturated rings. The smallest absolute Gasteiger partial charge is 0.380 e. The second-order valence-electron chi connectivity index (χ2n) is 5.02. The van der Waals surface area contributed by atoms with E-state index in [2.05, 4.69) is 15.4 Å². The van der Waals surface area contributed by atoms with Gasteiger partial charge in [0.05, 0.1) is 10.9 Å². The minimum atomic E-state index is -5.32. The van der Waals surface area contributed by atoms with E-state index in [-0.39, 0.29) is 12.1 Å². The number of aromatic nitrogens is 3. The molecule has 1 aromatic carbocycles. The van der Waals surface area contributed by atoms with Gasteiger partial charge in [-0.3, -0.25) is 0 Å². The average Bonchev–Trinajstić information content (AvgIpc) is 3.00. The fraction of sp³-hybridized carbons (Fsp3) is 0.385. The van der Waals surface area contributed by atoms with Crippen molar-refractivity contribution in [2.24, 2.45) is 0 Å². The van der Waals surface area contributed by atoms with Crippen molar-refractivity contribution >= 4 is 15.5 Å². The van der Waals surface area contributed by atoms with Gasteiger partial charge in [-0.2, -0.15) is 18.3 Å². The summed E-state index contributed by atoms with van der Waals surface area (Å²) in [5.41, 5.74) is -4.80. The number of nitrogens with one attached hydrogen (secondary N) is 1. The van der Waals surface area contributed by atoms with Crippen LogP contribution in [-0.2, 0) is 9.84 Å². The van der Waals surface area contributed by atoms with E-state index in [9.17, 15) is 21.6 Å². The molecule has 0 saturated carbocycles. The largest absolute Gasteiger partial charge is 0.501 e. The third kappa shape index (κ3) is 3.63. The highest BCUT2D eigenvalue weighted by atomic mass is 32.2. The standard InChI is InChI=1S/C13H15F3N4O2S/c1-9(10(2)20-8-17-7-18-20)19-11-3-5-12(6-4-11)23(21,22)13(14,15)16/h3-10,19H,1-2H3/t9-,10-/m1/s1. The molecule has 0 amide bonds. The summed E-state index contributed by atoms with van der Waals surface area (Å²) in [4.78, 5) is 3.06. The summed E-state index contributed by atoms with van der Waals surface area (Å²) in [5.74, 6) is 0. The SMILES string of the molecule is C[C@H]([C@@H](C)Nc1ccc(S(=O)(=O)C(F)(F)F)cc1)n1cncn1. The van der Waals surface area contributed by atoms with Gasteiger partial charge in [0.1, 0.15) is 12.7 Å². The van der Waals surface area contributed by atoms with Crippen LogP contribution in [0.15, 0.2) is 41.8 Å². The third-order valence-corrected chi connectivity index (χ3v) is 4.94. The Morgan fingerprint density at radius 2 is 1.78 bits per heavy atom. The lowest BCUT2D eigenvalue weighted by atomic mass is 10.1. The molecular weight excluding hydrogens is 333 g/mol. The Morgan fingerprint density at radius 3 is 2.26 bits per heavy atom. The molecule has 1 aromatic heterocycles. The first-order chi connectivity index (χ1) is 10.6. The Balaban J connectivity index is 2.12. The molecule has 1 heterocycles. The first-order valence-electron chi connectivity index (χ1n) is 6.65. The molecule has 0 unspecified atom stereocenters. The number of nitrogens with zero attached hydrogens (tertiary/aromatic N) is 3. The molecule has 1 N–H and O–H groups in total. The zero-order valence-electron chi connectivity index (χ0n) is 12.3. The predicted molar refractivity (Wildman–Crippen MR) is 77.5 cm³/mol. The molecular formula is C13H15F3N4O2S. The quantitative estimate of drug-likeness (QED) is 0.899. The summed E-state index contributed by atoms with van der Waals surface area (Å²) < 4.78 is 61.6. The Hall–Kier alpha value is -2.10. The van der Waals surface area contributed by atoms with E-state index in [1.807, 2.05) is 13.8 Å². The lowest BCUT2D eigenvalue weighted by molar-refractivity contribution is -0.0436. The minimum absolute atomic E-state index is 0.0592. The van der Waals surface area contributed by atoms with Gasteiger partial charge in [-0.05, 0) is 38.1 Å². The van der Waals surface area contributed by atoms with E-state index in [1.165, 1.54) is 18.5 Å². The number of benzene rings is 1. The molecule has 0 aliphatic heterocycles. The van der Waals surface area contributed by atoms with Crippen LogP contribution < -0.4 is 5.32 Å². The number of anilines is 1. The van der Waals surface area contributed by atoms with E-state index in [4.69, 9.17) is 0 Å². The number of rotatable bonds is 5. The van der Waals surface area contributed by atoms with Crippen molar-refractivity contribution in [2.45, 2.75) is 36.3 Å². The van der Waals surface area contributed by atoms with Gasteiger partial charge in [-0.25, -0.2) is 18.1 Å². The molecule has 10 heteroatoms. The van der Waals surface area contributed by atoms with E-state index in [1.54, 1.807) is 11.0 Å². The molecule has 23 heavy (non-hydrogen) atoms. The summed E-state index contributed by atoms with van der Waals surface area (Å²) in [6.45, 7) is 3.77. The average molecular weight is 348 g/mol. The maximum absolute atomic E-state index is 12.5. The zero-order valence-corrected chi connectivity index (χ0v) is 13.1. The summed E-state index contributed by atoms with van der Waals surface area (Å²) in [6.07, 6.45) is 2.96. The van der Waals surface area contributed by atoms with Crippen molar-refractivity contribution in [2.75, 3.05) is 5.32 Å². The van der Waals surface area contributed by atoms with Crippen LogP contribution in [0.5, 0.6) is 0 Å². The van der Waals surface area contributed by atoms with Crippen molar-refractivity contribution < 1.29 is 21.6 Å². The van der Waals surface area contributed by atoms with Crippen molar-refractivity contribution in [1.82, 2.24) is 14.8 Å². The highest BCUT2D eigenvalue weighted by Crippen LogP contribution is 2.30. The number of hydrogen-bond acceptors (Lipinski definition) is 5. The van der Waals surface area contributed by atoms with Crippen LogP contribution in [0.3, 0.4) is 0 Å². The Kier molecular flexibility index (Phi) is 4.64. The lowest BCUT2D eigenvalue weighted by Crippen LogP contribution is -2.27. The van der Waals surface area contributed by atoms with Crippen LogP contribution in [0.4, 0.5) is 18.9 Å². The van der Waals surface area contributed by atoms with Crippen LogP contribution in [-0.4, -0.2) is 34.7 Å². The van der Waals surface area contributed by atoms with Crippen LogP contribution in [0.2, 0.25) is 0 Å². The molecule has 0 bridgehead atoms. The molecule has 126 valence electrons. The van der Waals surface area contributed by atoms with E-state index < -0.39 is 20.2 Å². The number of alkyl halides is 3. The van der Waals surface area contributed by atoms with E-state index in [0.29, 0.717) is 5.69 Å². The van der Waals surface area contributed by atoms with Gasteiger partial charge in [0.15, 0.2) is 0 Å². The van der Waals surface area contributed by atoms with Gasteiger partial charge in [0, 0.05) is 11.7 Å². The van der Waals surface area contributed by atoms with E-state index >= 15 is 0 Å². The summed E-state index contributed by atoms with van der Waals surface area (Å²) in [7, 11) is -5.32. The fourth-order valence-electron chi connectivity index (χ4n) is 1.90. The Bertz CT molecular complexity index is 743. The molecule has 0 aliphatic carbocycles. The van der Waals surface area contributed by atoms with Gasteiger partial charge < -0.3 is 5.32 Å². The van der Waals surface area contributed by atoms with Gasteiger partial charge >= 0.3 is 5.51 Å². The van der Waals surface area contributed by atoms with Crippen molar-refractivity contribution in [3.8, 4) is 0 Å². The second-order valence-corrected chi connectivity index (χ2v) is 6.96. The van der Waals surface area contributed by atoms with Crippen LogP contribution in [0, 0.1) is 0 Å². The first-order valence-corrected chi connectivity index (χ1v) is 8.13. The summed E-state index contributed by atoms with van der Waals surface area (Å²) >= 11 is 0. The van der Waals surface area contributed by atoms with Crippen LogP contribution in [0.25, 0.3) is 0 Å². The van der Waals surface area contributed by atoms with Gasteiger partial charge in [-0.1, -0.05) is 0 Å². The molecule has 0 aliphatic rings. The highest BCUT2D eigenvalue weighted by molar-refractivity contribution is 7.92. The van der Waals surface area contributed by atoms with E-state index in [0.717, 1.165) is 12.1 Å².